The van der Waals surface area contributed by atoms with Gasteiger partial charge in [0.2, 0.25) is 6.29 Å². The summed E-state index contributed by atoms with van der Waals surface area (Å²) in [7, 11) is 1.58. The predicted molar refractivity (Wildman–Crippen MR) is 87.6 cm³/mol. The van der Waals surface area contributed by atoms with Crippen molar-refractivity contribution < 1.29 is 19.4 Å². The summed E-state index contributed by atoms with van der Waals surface area (Å²) in [5, 5.41) is 11.8. The first kappa shape index (κ1) is 17.5. The minimum atomic E-state index is -0.492. The van der Waals surface area contributed by atoms with Crippen molar-refractivity contribution >= 4 is 5.91 Å². The first-order valence-electron chi connectivity index (χ1n) is 8.09. The Balaban J connectivity index is 2.37. The Morgan fingerprint density at radius 1 is 1.35 bits per heavy atom. The highest BCUT2D eigenvalue weighted by Crippen LogP contribution is 2.39. The summed E-state index contributed by atoms with van der Waals surface area (Å²) in [5.74, 6) is 0.106. The normalized spacial score (nSPS) is 23.8. The van der Waals surface area contributed by atoms with Crippen LogP contribution < -0.4 is 5.32 Å². The summed E-state index contributed by atoms with van der Waals surface area (Å²) in [6, 6.07) is 10.0. The zero-order valence-electron chi connectivity index (χ0n) is 13.7. The Morgan fingerprint density at radius 2 is 2.09 bits per heavy atom. The lowest BCUT2D eigenvalue weighted by atomic mass is 9.80. The summed E-state index contributed by atoms with van der Waals surface area (Å²) in [6.45, 7) is 2.54. The number of nitrogens with one attached hydrogen (secondary N) is 1. The van der Waals surface area contributed by atoms with E-state index in [-0.39, 0.29) is 24.3 Å². The predicted octanol–water partition coefficient (Wildman–Crippen LogP) is 2.18. The lowest BCUT2D eigenvalue weighted by Gasteiger charge is -2.37. The number of amides is 1. The lowest BCUT2D eigenvalue weighted by Crippen LogP contribution is -2.38. The average Bonchev–Trinajstić information content (AvgIpc) is 2.60. The summed E-state index contributed by atoms with van der Waals surface area (Å²) >= 11 is 0. The van der Waals surface area contributed by atoms with E-state index in [1.54, 1.807) is 7.05 Å². The van der Waals surface area contributed by atoms with Gasteiger partial charge in [0, 0.05) is 32.1 Å². The van der Waals surface area contributed by atoms with Gasteiger partial charge in [0.25, 0.3) is 5.91 Å². The monoisotopic (exact) mass is 319 g/mol. The van der Waals surface area contributed by atoms with Crippen molar-refractivity contribution in [2.75, 3.05) is 20.3 Å². The third-order valence-corrected chi connectivity index (χ3v) is 4.05. The number of hydrogen-bond donors (Lipinski definition) is 2. The van der Waals surface area contributed by atoms with E-state index in [2.05, 4.69) is 5.32 Å². The van der Waals surface area contributed by atoms with Crippen LogP contribution in [0.1, 0.15) is 31.2 Å². The molecule has 1 aliphatic heterocycles. The number of likely N-dealkylation sites (N-methyl/N-ethyl adjacent to an activating group) is 1. The molecule has 0 spiro atoms. The molecule has 2 N–H and O–H groups in total. The van der Waals surface area contributed by atoms with Crippen LogP contribution >= 0.6 is 0 Å². The van der Waals surface area contributed by atoms with Crippen molar-refractivity contribution in [3.05, 3.63) is 47.7 Å². The molecule has 0 unspecified atom stereocenters. The number of aliphatic hydroxyl groups is 1. The van der Waals surface area contributed by atoms with E-state index in [1.807, 2.05) is 43.3 Å². The highest BCUT2D eigenvalue weighted by molar-refractivity contribution is 5.91. The molecule has 0 aliphatic carbocycles. The third kappa shape index (κ3) is 4.33. The maximum Gasteiger partial charge on any atom is 0.285 e. The number of benzene rings is 1. The molecule has 1 aromatic rings. The van der Waals surface area contributed by atoms with Gasteiger partial charge in [-0.15, -0.1) is 0 Å². The fourth-order valence-corrected chi connectivity index (χ4v) is 2.94. The van der Waals surface area contributed by atoms with Gasteiger partial charge in [-0.1, -0.05) is 30.3 Å². The van der Waals surface area contributed by atoms with E-state index < -0.39 is 6.29 Å². The maximum atomic E-state index is 12.0. The molecule has 3 atom stereocenters. The number of rotatable bonds is 7. The molecule has 1 aliphatic rings. The van der Waals surface area contributed by atoms with Gasteiger partial charge < -0.3 is 19.9 Å². The Labute approximate surface area is 137 Å². The Hall–Kier alpha value is -1.85. The summed E-state index contributed by atoms with van der Waals surface area (Å²) in [6.07, 6.45) is 2.81. The second-order valence-electron chi connectivity index (χ2n) is 5.52. The molecule has 0 aromatic heterocycles. The van der Waals surface area contributed by atoms with Crippen LogP contribution in [0.5, 0.6) is 0 Å². The minimum Gasteiger partial charge on any atom is -0.459 e. The number of allylic oxidation sites excluding steroid dienone is 1. The Kier molecular flexibility index (Phi) is 6.62. The standard InChI is InChI=1S/C18H25NO4/c1-3-22-18-14(10-7-11-20)15(13-8-5-4-6-9-13)12-16(23-18)17(21)19-2/h4-6,8-9,12,14-15,18,20H,3,7,10-11H2,1-2H3,(H,19,21)/t14-,15-,18-/m0/s1. The summed E-state index contributed by atoms with van der Waals surface area (Å²) in [5.41, 5.74) is 1.12. The van der Waals surface area contributed by atoms with Gasteiger partial charge in [0.05, 0.1) is 0 Å². The molecule has 0 bridgehead atoms. The van der Waals surface area contributed by atoms with Crippen LogP contribution in [0.25, 0.3) is 0 Å². The van der Waals surface area contributed by atoms with E-state index in [4.69, 9.17) is 9.47 Å². The molecule has 1 heterocycles. The fourth-order valence-electron chi connectivity index (χ4n) is 2.94. The van der Waals surface area contributed by atoms with Gasteiger partial charge >= 0.3 is 0 Å². The Bertz CT molecular complexity index is 529. The lowest BCUT2D eigenvalue weighted by molar-refractivity contribution is -0.166. The molecule has 23 heavy (non-hydrogen) atoms. The van der Waals surface area contributed by atoms with Crippen LogP contribution in [0.4, 0.5) is 0 Å². The first-order valence-corrected chi connectivity index (χ1v) is 8.09. The number of carbonyl (C=O) groups is 1. The zero-order chi connectivity index (χ0) is 16.7. The third-order valence-electron chi connectivity index (χ3n) is 4.05. The minimum absolute atomic E-state index is 0.0142. The molecule has 1 amide bonds. The summed E-state index contributed by atoms with van der Waals surface area (Å²) in [4.78, 5) is 12.0. The van der Waals surface area contributed by atoms with Crippen LogP contribution in [-0.2, 0) is 14.3 Å². The molecule has 5 heteroatoms. The van der Waals surface area contributed by atoms with E-state index in [0.717, 1.165) is 12.0 Å². The smallest absolute Gasteiger partial charge is 0.285 e. The molecule has 126 valence electrons. The van der Waals surface area contributed by atoms with E-state index in [9.17, 15) is 9.90 Å². The Morgan fingerprint density at radius 3 is 2.70 bits per heavy atom. The molecule has 2 rings (SSSR count). The van der Waals surface area contributed by atoms with Crippen molar-refractivity contribution in [2.45, 2.75) is 32.0 Å². The number of hydrogen-bond acceptors (Lipinski definition) is 4. The second-order valence-corrected chi connectivity index (χ2v) is 5.52. The van der Waals surface area contributed by atoms with Crippen LogP contribution in [0.3, 0.4) is 0 Å². The average molecular weight is 319 g/mol. The molecule has 0 saturated carbocycles. The van der Waals surface area contributed by atoms with E-state index >= 15 is 0 Å². The molecule has 0 radical (unpaired) electrons. The van der Waals surface area contributed by atoms with Gasteiger partial charge in [-0.3, -0.25) is 4.79 Å². The SMILES string of the molecule is CCO[C@H]1OC(C(=O)NC)=C[C@@H](c2ccccc2)[C@@H]1CCCO. The first-order chi connectivity index (χ1) is 11.2. The van der Waals surface area contributed by atoms with E-state index in [0.29, 0.717) is 18.8 Å². The highest BCUT2D eigenvalue weighted by atomic mass is 16.7. The molecule has 1 aromatic carbocycles. The highest BCUT2D eigenvalue weighted by Gasteiger charge is 2.37. The largest absolute Gasteiger partial charge is 0.459 e. The molecular weight excluding hydrogens is 294 g/mol. The van der Waals surface area contributed by atoms with Crippen LogP contribution in [0, 0.1) is 5.92 Å². The number of aliphatic hydroxyl groups excluding tert-OH is 1. The molecule has 5 nitrogen and oxygen atoms in total. The maximum absolute atomic E-state index is 12.0. The van der Waals surface area contributed by atoms with Crippen molar-refractivity contribution in [3.63, 3.8) is 0 Å². The molecule has 0 saturated heterocycles. The van der Waals surface area contributed by atoms with Gasteiger partial charge in [0.15, 0.2) is 5.76 Å². The van der Waals surface area contributed by atoms with Gasteiger partial charge in [-0.25, -0.2) is 0 Å². The topological polar surface area (TPSA) is 67.8 Å². The zero-order valence-corrected chi connectivity index (χ0v) is 13.7. The molecular formula is C18H25NO4. The fraction of sp³-hybridized carbons (Fsp3) is 0.500. The van der Waals surface area contributed by atoms with Crippen LogP contribution in [0.2, 0.25) is 0 Å². The van der Waals surface area contributed by atoms with Crippen molar-refractivity contribution in [3.8, 4) is 0 Å². The van der Waals surface area contributed by atoms with Gasteiger partial charge in [0.1, 0.15) is 0 Å². The quantitative estimate of drug-likeness (QED) is 0.808. The molecule has 0 fully saturated rings. The van der Waals surface area contributed by atoms with Crippen molar-refractivity contribution in [2.24, 2.45) is 5.92 Å². The number of carbonyl (C=O) groups excluding carboxylic acids is 1. The van der Waals surface area contributed by atoms with Gasteiger partial charge in [-0.05, 0) is 31.4 Å². The van der Waals surface area contributed by atoms with E-state index in [1.165, 1.54) is 0 Å². The second kappa shape index (κ2) is 8.70. The van der Waals surface area contributed by atoms with Crippen LogP contribution in [0.15, 0.2) is 42.2 Å². The summed E-state index contributed by atoms with van der Waals surface area (Å²) < 4.78 is 11.5. The number of ether oxygens (including phenoxy) is 2. The van der Waals surface area contributed by atoms with Gasteiger partial charge in [-0.2, -0.15) is 0 Å². The van der Waals surface area contributed by atoms with Crippen molar-refractivity contribution in [1.82, 2.24) is 5.32 Å². The van der Waals surface area contributed by atoms with Crippen LogP contribution in [-0.4, -0.2) is 37.6 Å². The van der Waals surface area contributed by atoms with Crippen molar-refractivity contribution in [1.29, 1.82) is 0 Å².